The van der Waals surface area contributed by atoms with Crippen LogP contribution in [0.25, 0.3) is 11.0 Å². The van der Waals surface area contributed by atoms with Crippen LogP contribution in [-0.4, -0.2) is 27.2 Å². The molecule has 7 heteroatoms. The van der Waals surface area contributed by atoms with Crippen LogP contribution in [0.5, 0.6) is 0 Å². The lowest BCUT2D eigenvalue weighted by Crippen LogP contribution is -2.29. The van der Waals surface area contributed by atoms with Gasteiger partial charge in [-0.1, -0.05) is 50.6 Å². The van der Waals surface area contributed by atoms with Gasteiger partial charge in [-0.3, -0.25) is 4.68 Å². The number of hydrogen-bond acceptors (Lipinski definition) is 4. The molecule has 0 bridgehead atoms. The van der Waals surface area contributed by atoms with Crippen molar-refractivity contribution in [3.63, 3.8) is 0 Å². The van der Waals surface area contributed by atoms with Gasteiger partial charge in [-0.25, -0.2) is 17.4 Å². The number of rotatable bonds is 5. The number of fused-ring (bicyclic) bond motifs is 1. The van der Waals surface area contributed by atoms with Crippen LogP contribution in [0.15, 0.2) is 71.9 Å². The van der Waals surface area contributed by atoms with Gasteiger partial charge < -0.3 is 0 Å². The minimum Gasteiger partial charge on any atom is -0.269 e. The predicted molar refractivity (Wildman–Crippen MR) is 118 cm³/mol. The summed E-state index contributed by atoms with van der Waals surface area (Å²) in [7, 11) is -3.81. The quantitative estimate of drug-likeness (QED) is 0.471. The van der Waals surface area contributed by atoms with Crippen molar-refractivity contribution < 1.29 is 8.42 Å². The SMILES string of the molecule is Cc1ccc(S(=O)(=O)n2c(C[C@@H](n3cccn3)C(C)(C)C)nc3ccccc32)cc1. The second kappa shape index (κ2) is 7.40. The lowest BCUT2D eigenvalue weighted by Gasteiger charge is -2.31. The van der Waals surface area contributed by atoms with E-state index in [1.54, 1.807) is 24.4 Å². The van der Waals surface area contributed by atoms with Crippen molar-refractivity contribution in [2.75, 3.05) is 0 Å². The van der Waals surface area contributed by atoms with E-state index in [9.17, 15) is 8.42 Å². The second-order valence-corrected chi connectivity index (χ2v) is 10.5. The van der Waals surface area contributed by atoms with Crippen LogP contribution < -0.4 is 0 Å². The Balaban J connectivity index is 1.90. The zero-order chi connectivity index (χ0) is 21.5. The summed E-state index contributed by atoms with van der Waals surface area (Å²) < 4.78 is 30.6. The van der Waals surface area contributed by atoms with Gasteiger partial charge in [-0.05, 0) is 42.7 Å². The van der Waals surface area contributed by atoms with Crippen molar-refractivity contribution in [1.82, 2.24) is 18.7 Å². The van der Waals surface area contributed by atoms with Crippen molar-refractivity contribution in [2.45, 2.75) is 45.1 Å². The van der Waals surface area contributed by atoms with Gasteiger partial charge in [0.05, 0.1) is 22.0 Å². The highest BCUT2D eigenvalue weighted by molar-refractivity contribution is 7.90. The number of hydrogen-bond donors (Lipinski definition) is 0. The lowest BCUT2D eigenvalue weighted by molar-refractivity contribution is 0.220. The van der Waals surface area contributed by atoms with Crippen LogP contribution in [-0.2, 0) is 16.4 Å². The van der Waals surface area contributed by atoms with Gasteiger partial charge in [0.1, 0.15) is 5.82 Å². The molecule has 1 atom stereocenters. The molecule has 2 aromatic heterocycles. The molecule has 0 N–H and O–H groups in total. The van der Waals surface area contributed by atoms with E-state index in [2.05, 4.69) is 25.9 Å². The fraction of sp³-hybridized carbons (Fsp3) is 0.304. The van der Waals surface area contributed by atoms with Gasteiger partial charge in [0.25, 0.3) is 10.0 Å². The Morgan fingerprint density at radius 3 is 2.33 bits per heavy atom. The minimum absolute atomic E-state index is 0.0590. The maximum atomic E-state index is 13.7. The van der Waals surface area contributed by atoms with E-state index in [0.29, 0.717) is 23.3 Å². The maximum absolute atomic E-state index is 13.7. The summed E-state index contributed by atoms with van der Waals surface area (Å²) in [5, 5.41) is 4.42. The van der Waals surface area contributed by atoms with Crippen LogP contribution in [0.1, 0.15) is 38.2 Å². The minimum atomic E-state index is -3.81. The highest BCUT2D eigenvalue weighted by Crippen LogP contribution is 2.34. The van der Waals surface area contributed by atoms with E-state index in [1.807, 2.05) is 54.2 Å². The first-order valence-electron chi connectivity index (χ1n) is 9.95. The van der Waals surface area contributed by atoms with Gasteiger partial charge in [-0.2, -0.15) is 5.10 Å². The van der Waals surface area contributed by atoms with E-state index in [-0.39, 0.29) is 16.4 Å². The Morgan fingerprint density at radius 1 is 1.00 bits per heavy atom. The van der Waals surface area contributed by atoms with Gasteiger partial charge >= 0.3 is 0 Å². The fourth-order valence-electron chi connectivity index (χ4n) is 3.70. The summed E-state index contributed by atoms with van der Waals surface area (Å²) in [5.41, 5.74) is 2.11. The highest BCUT2D eigenvalue weighted by atomic mass is 32.2. The summed E-state index contributed by atoms with van der Waals surface area (Å²) in [4.78, 5) is 4.98. The Bertz CT molecular complexity index is 1270. The third kappa shape index (κ3) is 3.65. The van der Waals surface area contributed by atoms with E-state index in [1.165, 1.54) is 3.97 Å². The Hall–Kier alpha value is -2.93. The first-order valence-corrected chi connectivity index (χ1v) is 11.4. The molecule has 4 rings (SSSR count). The van der Waals surface area contributed by atoms with Gasteiger partial charge in [-0.15, -0.1) is 0 Å². The molecule has 0 spiro atoms. The predicted octanol–water partition coefficient (Wildman–Crippen LogP) is 4.61. The Labute approximate surface area is 177 Å². The maximum Gasteiger partial charge on any atom is 0.269 e. The van der Waals surface area contributed by atoms with Crippen LogP contribution in [0, 0.1) is 12.3 Å². The number of aromatic nitrogens is 4. The monoisotopic (exact) mass is 422 g/mol. The molecule has 0 radical (unpaired) electrons. The molecule has 0 saturated carbocycles. The average molecular weight is 423 g/mol. The molecule has 2 aromatic carbocycles. The summed E-state index contributed by atoms with van der Waals surface area (Å²) in [6.07, 6.45) is 4.09. The normalized spacial score (nSPS) is 13.6. The highest BCUT2D eigenvalue weighted by Gasteiger charge is 2.32. The summed E-state index contributed by atoms with van der Waals surface area (Å²) in [5.74, 6) is 0.507. The third-order valence-corrected chi connectivity index (χ3v) is 7.12. The Morgan fingerprint density at radius 2 is 1.70 bits per heavy atom. The molecule has 0 saturated heterocycles. The van der Waals surface area contributed by atoms with Crippen molar-refractivity contribution >= 4 is 21.1 Å². The number of nitrogens with zero attached hydrogens (tertiary/aromatic N) is 4. The van der Waals surface area contributed by atoms with Crippen LogP contribution in [0.2, 0.25) is 0 Å². The number of benzene rings is 2. The largest absolute Gasteiger partial charge is 0.269 e. The molecule has 4 aromatic rings. The van der Waals surface area contributed by atoms with Crippen molar-refractivity contribution in [3.8, 4) is 0 Å². The Kier molecular flexibility index (Phi) is 5.02. The molecule has 30 heavy (non-hydrogen) atoms. The lowest BCUT2D eigenvalue weighted by atomic mass is 9.84. The number of aryl methyl sites for hydroxylation is 1. The van der Waals surface area contributed by atoms with E-state index < -0.39 is 10.0 Å². The molecule has 156 valence electrons. The summed E-state index contributed by atoms with van der Waals surface area (Å²) >= 11 is 0. The van der Waals surface area contributed by atoms with Crippen LogP contribution in [0.4, 0.5) is 0 Å². The zero-order valence-electron chi connectivity index (χ0n) is 17.6. The van der Waals surface area contributed by atoms with Gasteiger partial charge in [0, 0.05) is 18.8 Å². The molecular formula is C23H26N4O2S. The number of para-hydroxylation sites is 2. The molecule has 0 fully saturated rings. The van der Waals surface area contributed by atoms with Gasteiger partial charge in [0.15, 0.2) is 0 Å². The first kappa shape index (κ1) is 20.3. The first-order chi connectivity index (χ1) is 14.2. The van der Waals surface area contributed by atoms with Crippen molar-refractivity contribution in [1.29, 1.82) is 0 Å². The summed E-state index contributed by atoms with van der Waals surface area (Å²) in [6, 6.07) is 16.1. The molecule has 0 aliphatic heterocycles. The van der Waals surface area contributed by atoms with E-state index in [0.717, 1.165) is 5.56 Å². The molecule has 0 aliphatic carbocycles. The van der Waals surface area contributed by atoms with Crippen LogP contribution in [0.3, 0.4) is 0 Å². The van der Waals surface area contributed by atoms with Crippen LogP contribution >= 0.6 is 0 Å². The molecule has 6 nitrogen and oxygen atoms in total. The zero-order valence-corrected chi connectivity index (χ0v) is 18.5. The van der Waals surface area contributed by atoms with Gasteiger partial charge in [0.2, 0.25) is 0 Å². The number of imidazole rings is 1. The third-order valence-electron chi connectivity index (χ3n) is 5.36. The molecular weight excluding hydrogens is 396 g/mol. The van der Waals surface area contributed by atoms with E-state index >= 15 is 0 Å². The van der Waals surface area contributed by atoms with E-state index in [4.69, 9.17) is 4.98 Å². The smallest absolute Gasteiger partial charge is 0.269 e. The fourth-order valence-corrected chi connectivity index (χ4v) is 5.20. The summed E-state index contributed by atoms with van der Waals surface area (Å²) in [6.45, 7) is 8.31. The molecule has 0 aliphatic rings. The molecule has 0 unspecified atom stereocenters. The molecule has 2 heterocycles. The standard InChI is InChI=1S/C23H26N4O2S/c1-17-10-12-18(13-11-17)30(28,29)27-20-9-6-5-8-19(20)25-22(27)16-21(23(2,3)4)26-15-7-14-24-26/h5-15,21H,16H2,1-4H3/t21-/m1/s1. The molecule has 0 amide bonds. The van der Waals surface area contributed by atoms with Crippen molar-refractivity contribution in [2.24, 2.45) is 5.41 Å². The topological polar surface area (TPSA) is 69.8 Å². The van der Waals surface area contributed by atoms with Crippen molar-refractivity contribution in [3.05, 3.63) is 78.4 Å². The average Bonchev–Trinajstić information content (AvgIpc) is 3.33. The second-order valence-electron chi connectivity index (χ2n) is 8.67.